The van der Waals surface area contributed by atoms with Crippen molar-refractivity contribution in [1.29, 1.82) is 0 Å². The second-order valence-electron chi connectivity index (χ2n) is 6.49. The molecular weight excluding hydrogens is 358 g/mol. The molecule has 7 heteroatoms. The van der Waals surface area contributed by atoms with E-state index in [0.29, 0.717) is 6.42 Å². The van der Waals surface area contributed by atoms with Gasteiger partial charge in [-0.2, -0.15) is 5.10 Å². The van der Waals surface area contributed by atoms with E-state index in [0.717, 1.165) is 16.7 Å². The predicted octanol–water partition coefficient (Wildman–Crippen LogP) is 2.25. The van der Waals surface area contributed by atoms with E-state index in [1.807, 2.05) is 54.6 Å². The molecule has 4 N–H and O–H groups in total. The zero-order chi connectivity index (χ0) is 19.9. The first kappa shape index (κ1) is 19.3. The van der Waals surface area contributed by atoms with Gasteiger partial charge in [0, 0.05) is 18.7 Å². The Morgan fingerprint density at radius 2 is 1.68 bits per heavy atom. The predicted molar refractivity (Wildman–Crippen MR) is 104 cm³/mol. The van der Waals surface area contributed by atoms with Crippen molar-refractivity contribution in [2.45, 2.75) is 25.0 Å². The monoisotopic (exact) mass is 379 g/mol. The number of hydrogen-bond donors (Lipinski definition) is 4. The number of carboxylic acids is 1. The van der Waals surface area contributed by atoms with Crippen LogP contribution in [0.1, 0.15) is 22.5 Å². The van der Waals surface area contributed by atoms with Crippen LogP contribution in [0, 0.1) is 0 Å². The Bertz CT molecular complexity index is 909. The van der Waals surface area contributed by atoms with E-state index in [9.17, 15) is 14.7 Å². The molecule has 0 radical (unpaired) electrons. The normalized spacial score (nSPS) is 12.9. The molecule has 1 heterocycles. The molecule has 1 amide bonds. The molecule has 0 spiro atoms. The summed E-state index contributed by atoms with van der Waals surface area (Å²) in [6.45, 7) is 0. The summed E-state index contributed by atoms with van der Waals surface area (Å²) in [7, 11) is 0. The number of nitrogens with one attached hydrogen (secondary N) is 2. The van der Waals surface area contributed by atoms with Crippen molar-refractivity contribution in [2.24, 2.45) is 0 Å². The van der Waals surface area contributed by atoms with E-state index < -0.39 is 24.0 Å². The lowest BCUT2D eigenvalue weighted by atomic mass is 9.97. The van der Waals surface area contributed by atoms with E-state index >= 15 is 0 Å². The minimum atomic E-state index is -1.56. The van der Waals surface area contributed by atoms with Crippen molar-refractivity contribution < 1.29 is 19.8 Å². The summed E-state index contributed by atoms with van der Waals surface area (Å²) < 4.78 is 0. The molecule has 2 atom stereocenters. The number of aliphatic carboxylic acids is 1. The Morgan fingerprint density at radius 1 is 1.00 bits per heavy atom. The zero-order valence-electron chi connectivity index (χ0n) is 15.1. The lowest BCUT2D eigenvalue weighted by Crippen LogP contribution is -2.40. The number of carbonyl (C=O) groups excluding carboxylic acids is 1. The van der Waals surface area contributed by atoms with Gasteiger partial charge in [0.1, 0.15) is 5.69 Å². The fraction of sp³-hybridized carbons (Fsp3) is 0.190. The Kier molecular flexibility index (Phi) is 6.18. The third kappa shape index (κ3) is 5.05. The van der Waals surface area contributed by atoms with Crippen LogP contribution in [0.4, 0.5) is 0 Å². The number of aromatic nitrogens is 2. The number of aliphatic hydroxyl groups excluding tert-OH is 1. The van der Waals surface area contributed by atoms with Crippen LogP contribution in [0.2, 0.25) is 0 Å². The van der Waals surface area contributed by atoms with Gasteiger partial charge in [-0.3, -0.25) is 9.89 Å². The minimum absolute atomic E-state index is 0.105. The third-order valence-electron chi connectivity index (χ3n) is 4.40. The summed E-state index contributed by atoms with van der Waals surface area (Å²) in [4.78, 5) is 23.3. The zero-order valence-corrected chi connectivity index (χ0v) is 15.1. The lowest BCUT2D eigenvalue weighted by molar-refractivity contribution is -0.147. The van der Waals surface area contributed by atoms with E-state index in [1.165, 1.54) is 12.3 Å². The highest BCUT2D eigenvalue weighted by molar-refractivity contribution is 5.92. The maximum atomic E-state index is 12.3. The molecule has 0 saturated carbocycles. The van der Waals surface area contributed by atoms with Gasteiger partial charge < -0.3 is 15.5 Å². The van der Waals surface area contributed by atoms with Gasteiger partial charge in [-0.1, -0.05) is 54.6 Å². The van der Waals surface area contributed by atoms with Crippen LogP contribution in [0.25, 0.3) is 11.1 Å². The molecule has 3 rings (SSSR count). The molecule has 0 saturated heterocycles. The molecule has 28 heavy (non-hydrogen) atoms. The van der Waals surface area contributed by atoms with Crippen LogP contribution in [-0.4, -0.2) is 44.4 Å². The molecule has 1 unspecified atom stereocenters. The van der Waals surface area contributed by atoms with Crippen molar-refractivity contribution in [1.82, 2.24) is 15.5 Å². The van der Waals surface area contributed by atoms with Gasteiger partial charge >= 0.3 is 5.97 Å². The van der Waals surface area contributed by atoms with Gasteiger partial charge in [0.2, 0.25) is 0 Å². The first-order valence-corrected chi connectivity index (χ1v) is 8.89. The van der Waals surface area contributed by atoms with Gasteiger partial charge in [0.05, 0.1) is 0 Å². The number of aromatic amines is 1. The van der Waals surface area contributed by atoms with Crippen molar-refractivity contribution >= 4 is 11.9 Å². The molecule has 0 aliphatic rings. The van der Waals surface area contributed by atoms with Gasteiger partial charge in [-0.25, -0.2) is 4.79 Å². The standard InChI is InChI=1S/C21H21N3O4/c25-19(21(27)28)13-17(23-20(26)18-10-11-22-24-18)12-14-6-8-16(9-7-14)15-4-2-1-3-5-15/h1-11,17,19,25H,12-13H2,(H,22,24)(H,23,26)(H,27,28)/t17?,19-/m1/s1. The van der Waals surface area contributed by atoms with Gasteiger partial charge in [0.15, 0.2) is 6.10 Å². The number of H-pyrrole nitrogens is 1. The molecule has 0 aliphatic carbocycles. The van der Waals surface area contributed by atoms with Gasteiger partial charge in [-0.15, -0.1) is 0 Å². The van der Waals surface area contributed by atoms with Gasteiger partial charge in [-0.05, 0) is 29.2 Å². The van der Waals surface area contributed by atoms with Crippen LogP contribution in [0.3, 0.4) is 0 Å². The molecule has 0 fully saturated rings. The second kappa shape index (κ2) is 8.96. The average molecular weight is 379 g/mol. The molecule has 3 aromatic rings. The maximum absolute atomic E-state index is 12.3. The van der Waals surface area contributed by atoms with Crippen LogP contribution in [-0.2, 0) is 11.2 Å². The fourth-order valence-electron chi connectivity index (χ4n) is 2.96. The van der Waals surface area contributed by atoms with Crippen molar-refractivity contribution in [2.75, 3.05) is 0 Å². The number of rotatable bonds is 8. The largest absolute Gasteiger partial charge is 0.479 e. The number of benzene rings is 2. The van der Waals surface area contributed by atoms with Crippen LogP contribution < -0.4 is 5.32 Å². The summed E-state index contributed by atoms with van der Waals surface area (Å²) in [5.41, 5.74) is 3.28. The van der Waals surface area contributed by atoms with E-state index in [-0.39, 0.29) is 12.1 Å². The SMILES string of the molecule is O=C(NC(Cc1ccc(-c2ccccc2)cc1)C[C@@H](O)C(=O)O)c1cc[nH]n1. The highest BCUT2D eigenvalue weighted by Gasteiger charge is 2.23. The summed E-state index contributed by atoms with van der Waals surface area (Å²) in [5.74, 6) is -1.75. The topological polar surface area (TPSA) is 115 Å². The highest BCUT2D eigenvalue weighted by Crippen LogP contribution is 2.20. The Balaban J connectivity index is 1.72. The number of nitrogens with zero attached hydrogens (tertiary/aromatic N) is 1. The van der Waals surface area contributed by atoms with Crippen molar-refractivity contribution in [3.05, 3.63) is 78.1 Å². The van der Waals surface area contributed by atoms with E-state index in [1.54, 1.807) is 0 Å². The summed E-state index contributed by atoms with van der Waals surface area (Å²) >= 11 is 0. The summed E-state index contributed by atoms with van der Waals surface area (Å²) in [6, 6.07) is 18.7. The quantitative estimate of drug-likeness (QED) is 0.479. The highest BCUT2D eigenvalue weighted by atomic mass is 16.4. The Morgan fingerprint density at radius 3 is 2.29 bits per heavy atom. The number of carboxylic acid groups (broad SMARTS) is 1. The number of amides is 1. The number of hydrogen-bond acceptors (Lipinski definition) is 4. The molecule has 0 bridgehead atoms. The van der Waals surface area contributed by atoms with Crippen LogP contribution in [0.5, 0.6) is 0 Å². The molecule has 2 aromatic carbocycles. The first-order valence-electron chi connectivity index (χ1n) is 8.89. The van der Waals surface area contributed by atoms with Crippen LogP contribution in [0.15, 0.2) is 66.9 Å². The Labute approximate surface area is 162 Å². The molecule has 144 valence electrons. The van der Waals surface area contributed by atoms with E-state index in [4.69, 9.17) is 5.11 Å². The van der Waals surface area contributed by atoms with E-state index in [2.05, 4.69) is 15.5 Å². The Hall–Kier alpha value is -3.45. The smallest absolute Gasteiger partial charge is 0.332 e. The molecule has 1 aromatic heterocycles. The molecule has 7 nitrogen and oxygen atoms in total. The maximum Gasteiger partial charge on any atom is 0.332 e. The number of aliphatic hydroxyl groups is 1. The lowest BCUT2D eigenvalue weighted by Gasteiger charge is -2.20. The third-order valence-corrected chi connectivity index (χ3v) is 4.40. The summed E-state index contributed by atoms with van der Waals surface area (Å²) in [5, 5.41) is 27.9. The van der Waals surface area contributed by atoms with Crippen LogP contribution >= 0.6 is 0 Å². The second-order valence-corrected chi connectivity index (χ2v) is 6.49. The average Bonchev–Trinajstić information content (AvgIpc) is 3.24. The van der Waals surface area contributed by atoms with Crippen molar-refractivity contribution in [3.63, 3.8) is 0 Å². The minimum Gasteiger partial charge on any atom is -0.479 e. The molecular formula is C21H21N3O4. The fourth-order valence-corrected chi connectivity index (χ4v) is 2.96. The summed E-state index contributed by atoms with van der Waals surface area (Å²) in [6.07, 6.45) is 0.243. The van der Waals surface area contributed by atoms with Gasteiger partial charge in [0.25, 0.3) is 5.91 Å². The van der Waals surface area contributed by atoms with Crippen molar-refractivity contribution in [3.8, 4) is 11.1 Å². The number of carbonyl (C=O) groups is 2. The first-order chi connectivity index (χ1) is 13.5. The molecule has 0 aliphatic heterocycles.